The third-order valence-electron chi connectivity index (χ3n) is 6.00. The van der Waals surface area contributed by atoms with Crippen molar-refractivity contribution < 1.29 is 4.52 Å². The molecule has 2 heterocycles. The molecule has 132 valence electrons. The summed E-state index contributed by atoms with van der Waals surface area (Å²) in [5, 5.41) is 4.92. The van der Waals surface area contributed by atoms with E-state index in [0.29, 0.717) is 5.82 Å². The molecule has 4 nitrogen and oxygen atoms in total. The lowest BCUT2D eigenvalue weighted by molar-refractivity contribution is -0.591. The van der Waals surface area contributed by atoms with Crippen LogP contribution in [-0.4, -0.2) is 10.1 Å². The molecule has 0 aliphatic heterocycles. The minimum absolute atomic E-state index is 0.00194. The molecule has 0 fully saturated rings. The summed E-state index contributed by atoms with van der Waals surface area (Å²) < 4.78 is 1.99. The van der Waals surface area contributed by atoms with E-state index in [4.69, 9.17) is 5.10 Å². The topological polar surface area (TPSA) is 49.9 Å². The van der Waals surface area contributed by atoms with E-state index in [1.54, 1.807) is 0 Å². The van der Waals surface area contributed by atoms with Gasteiger partial charge in [0.25, 0.3) is 0 Å². The van der Waals surface area contributed by atoms with Gasteiger partial charge in [0, 0.05) is 28.2 Å². The van der Waals surface area contributed by atoms with E-state index in [-0.39, 0.29) is 5.56 Å². The van der Waals surface area contributed by atoms with Gasteiger partial charge < -0.3 is 0 Å². The summed E-state index contributed by atoms with van der Waals surface area (Å²) in [6.45, 7) is 2.07. The van der Waals surface area contributed by atoms with Crippen LogP contribution in [0.3, 0.4) is 0 Å². The highest BCUT2D eigenvalue weighted by Crippen LogP contribution is 2.31. The van der Waals surface area contributed by atoms with Crippen molar-refractivity contribution in [2.24, 2.45) is 0 Å². The molecule has 0 radical (unpaired) electrons. The molecule has 2 aliphatic carbocycles. The van der Waals surface area contributed by atoms with Gasteiger partial charge in [0.2, 0.25) is 11.5 Å². The predicted octanol–water partition coefficient (Wildman–Crippen LogP) is 3.24. The molecule has 2 aromatic heterocycles. The van der Waals surface area contributed by atoms with E-state index < -0.39 is 0 Å². The van der Waals surface area contributed by atoms with Gasteiger partial charge in [0.1, 0.15) is 0 Å². The molecule has 1 N–H and O–H groups in total. The predicted molar refractivity (Wildman–Crippen MR) is 101 cm³/mol. The van der Waals surface area contributed by atoms with E-state index >= 15 is 0 Å². The van der Waals surface area contributed by atoms with Crippen LogP contribution in [0.2, 0.25) is 0 Å². The fraction of sp³-hybridized carbons (Fsp3) is 0.409. The maximum Gasteiger partial charge on any atom is 0.325 e. The maximum atomic E-state index is 13.1. The molecule has 5 rings (SSSR count). The Kier molecular flexibility index (Phi) is 3.66. The van der Waals surface area contributed by atoms with Crippen LogP contribution in [0.1, 0.15) is 53.6 Å². The zero-order chi connectivity index (χ0) is 17.7. The zero-order valence-corrected chi connectivity index (χ0v) is 15.3. The van der Waals surface area contributed by atoms with Crippen LogP contribution in [-0.2, 0) is 25.7 Å². The summed E-state index contributed by atoms with van der Waals surface area (Å²) in [5.41, 5.74) is 8.42. The number of hydrogen-bond donors (Lipinski definition) is 1. The monoisotopic (exact) mass is 346 g/mol. The number of benzene rings is 1. The Balaban J connectivity index is 1.83. The van der Waals surface area contributed by atoms with Crippen molar-refractivity contribution in [3.63, 3.8) is 0 Å². The molecule has 26 heavy (non-hydrogen) atoms. The maximum absolute atomic E-state index is 13.1. The Morgan fingerprint density at radius 2 is 1.54 bits per heavy atom. The van der Waals surface area contributed by atoms with Crippen LogP contribution in [0, 0.1) is 6.92 Å². The van der Waals surface area contributed by atoms with E-state index in [1.807, 2.05) is 16.6 Å². The number of fused-ring (bicyclic) bond motifs is 6. The molecule has 0 unspecified atom stereocenters. The van der Waals surface area contributed by atoms with Gasteiger partial charge in [-0.2, -0.15) is 0 Å². The van der Waals surface area contributed by atoms with Gasteiger partial charge >= 0.3 is 11.1 Å². The number of H-pyrrole nitrogens is 1. The van der Waals surface area contributed by atoms with Gasteiger partial charge in [-0.25, -0.2) is 0 Å². The Labute approximate surface area is 152 Å². The van der Waals surface area contributed by atoms with Crippen molar-refractivity contribution in [1.82, 2.24) is 10.1 Å². The molecule has 0 spiro atoms. The number of rotatable bonds is 1. The molecule has 0 saturated heterocycles. The molecule has 0 saturated carbocycles. The number of aryl methyl sites for hydroxylation is 3. The van der Waals surface area contributed by atoms with Gasteiger partial charge in [0.05, 0.1) is 0 Å². The van der Waals surface area contributed by atoms with E-state index in [9.17, 15) is 4.79 Å². The molecular weight excluding hydrogens is 322 g/mol. The highest BCUT2D eigenvalue weighted by Gasteiger charge is 2.32. The number of aromatic amines is 1. The highest BCUT2D eigenvalue weighted by molar-refractivity contribution is 5.58. The van der Waals surface area contributed by atoms with Crippen LogP contribution < -0.4 is 10.1 Å². The van der Waals surface area contributed by atoms with Crippen molar-refractivity contribution >= 4 is 5.52 Å². The largest absolute Gasteiger partial charge is 0.325 e. The molecular formula is C22H24N3O+. The summed E-state index contributed by atoms with van der Waals surface area (Å²) in [4.78, 5) is 16.1. The molecule has 0 atom stereocenters. The number of aromatic nitrogens is 3. The first kappa shape index (κ1) is 15.7. The van der Waals surface area contributed by atoms with Gasteiger partial charge in [-0.1, -0.05) is 29.8 Å². The van der Waals surface area contributed by atoms with Crippen LogP contribution in [0.25, 0.3) is 16.9 Å². The lowest BCUT2D eigenvalue weighted by atomic mass is 9.83. The second kappa shape index (κ2) is 6.04. The summed E-state index contributed by atoms with van der Waals surface area (Å²) in [6, 6.07) is 8.19. The second-order valence-electron chi connectivity index (χ2n) is 7.73. The van der Waals surface area contributed by atoms with Gasteiger partial charge in [-0.15, -0.1) is 0 Å². The standard InChI is InChI=1S/C22H23N3O/c1-14-10-12-15(13-11-14)21-23-22(26)20-18-8-3-2-6-16(18)17-7-4-5-9-19(17)25(20)24-21/h10-13H,2-9H2,1H3/p+1. The first-order valence-corrected chi connectivity index (χ1v) is 9.81. The van der Waals surface area contributed by atoms with Crippen LogP contribution in [0.4, 0.5) is 0 Å². The number of hydrogen-bond acceptors (Lipinski definition) is 2. The van der Waals surface area contributed by atoms with Gasteiger partial charge in [0.15, 0.2) is 0 Å². The molecule has 2 aliphatic rings. The van der Waals surface area contributed by atoms with Crippen LogP contribution in [0.5, 0.6) is 0 Å². The van der Waals surface area contributed by atoms with Gasteiger partial charge in [-0.05, 0) is 61.9 Å². The number of nitrogens with one attached hydrogen (secondary N) is 1. The summed E-state index contributed by atoms with van der Waals surface area (Å²) >= 11 is 0. The molecule has 4 heteroatoms. The van der Waals surface area contributed by atoms with Crippen molar-refractivity contribution in [2.75, 3.05) is 0 Å². The fourth-order valence-electron chi connectivity index (χ4n) is 4.69. The smallest absolute Gasteiger partial charge is 0.296 e. The van der Waals surface area contributed by atoms with E-state index in [1.165, 1.54) is 53.6 Å². The Morgan fingerprint density at radius 3 is 2.31 bits per heavy atom. The quantitative estimate of drug-likeness (QED) is 0.688. The normalized spacial score (nSPS) is 16.3. The average Bonchev–Trinajstić information content (AvgIpc) is 2.68. The van der Waals surface area contributed by atoms with Gasteiger partial charge in [-0.3, -0.25) is 9.78 Å². The lowest BCUT2D eigenvalue weighted by Crippen LogP contribution is -2.43. The first-order chi connectivity index (χ1) is 12.7. The number of pyridine rings is 1. The highest BCUT2D eigenvalue weighted by atomic mass is 16.1. The van der Waals surface area contributed by atoms with Crippen molar-refractivity contribution in [3.8, 4) is 11.4 Å². The van der Waals surface area contributed by atoms with E-state index in [0.717, 1.165) is 36.8 Å². The molecule has 0 amide bonds. The Morgan fingerprint density at radius 1 is 0.885 bits per heavy atom. The minimum atomic E-state index is 0.00194. The molecule has 0 bridgehead atoms. The Bertz CT molecular complexity index is 1060. The lowest BCUT2D eigenvalue weighted by Gasteiger charge is -2.22. The summed E-state index contributed by atoms with van der Waals surface area (Å²) in [5.74, 6) is 0.663. The SMILES string of the molecule is Cc1ccc(-c2n[n+]3c4c(c5c(c3c(=O)[nH]2)CCCC5)CCCC4)cc1. The van der Waals surface area contributed by atoms with Crippen LogP contribution in [0.15, 0.2) is 29.1 Å². The third kappa shape index (κ3) is 2.39. The third-order valence-corrected chi connectivity index (χ3v) is 6.00. The fourth-order valence-corrected chi connectivity index (χ4v) is 4.69. The number of nitrogens with zero attached hydrogens (tertiary/aromatic N) is 2. The van der Waals surface area contributed by atoms with Crippen molar-refractivity contribution in [3.05, 3.63) is 62.6 Å². The van der Waals surface area contributed by atoms with Crippen molar-refractivity contribution in [2.45, 2.75) is 58.3 Å². The summed E-state index contributed by atoms with van der Waals surface area (Å²) in [7, 11) is 0. The average molecular weight is 346 g/mol. The van der Waals surface area contributed by atoms with E-state index in [2.05, 4.69) is 24.0 Å². The van der Waals surface area contributed by atoms with Crippen molar-refractivity contribution in [1.29, 1.82) is 0 Å². The molecule has 1 aromatic carbocycles. The molecule has 3 aromatic rings. The second-order valence-corrected chi connectivity index (χ2v) is 7.73. The Hall–Kier alpha value is -2.49. The zero-order valence-electron chi connectivity index (χ0n) is 15.3. The van der Waals surface area contributed by atoms with Crippen LogP contribution >= 0.6 is 0 Å². The summed E-state index contributed by atoms with van der Waals surface area (Å²) in [6.07, 6.45) is 9.11. The minimum Gasteiger partial charge on any atom is -0.296 e. The first-order valence-electron chi connectivity index (χ1n) is 9.81.